The molecule has 2 aliphatic rings. The molecule has 4 nitrogen and oxygen atoms in total. The first-order chi connectivity index (χ1) is 23.4. The minimum Gasteiger partial charge on any atom is -0.507 e. The van der Waals surface area contributed by atoms with Crippen LogP contribution in [0.3, 0.4) is 0 Å². The molecule has 0 atom stereocenters. The summed E-state index contributed by atoms with van der Waals surface area (Å²) in [5.74, 6) is 0.560. The summed E-state index contributed by atoms with van der Waals surface area (Å²) in [5, 5.41) is 10.3. The van der Waals surface area contributed by atoms with Gasteiger partial charge < -0.3 is 14.6 Å². The molecule has 0 bridgehead atoms. The lowest BCUT2D eigenvalue weighted by molar-refractivity contribution is 0.103. The first-order valence-electron chi connectivity index (χ1n) is 18.6. The minimum absolute atomic E-state index is 0.113. The highest BCUT2D eigenvalue weighted by molar-refractivity contribution is 6.10. The molecule has 0 unspecified atom stereocenters. The van der Waals surface area contributed by atoms with Crippen molar-refractivity contribution >= 4 is 5.78 Å². The Bertz CT molecular complexity index is 1350. The van der Waals surface area contributed by atoms with Crippen LogP contribution < -0.4 is 9.47 Å². The Kier molecular flexibility index (Phi) is 15.7. The third kappa shape index (κ3) is 11.3. The van der Waals surface area contributed by atoms with Crippen LogP contribution in [0.5, 0.6) is 17.2 Å². The van der Waals surface area contributed by atoms with Crippen LogP contribution in [0, 0.1) is 23.5 Å². The van der Waals surface area contributed by atoms with Crippen LogP contribution in [0.4, 0.5) is 8.78 Å². The fourth-order valence-corrected chi connectivity index (χ4v) is 7.30. The van der Waals surface area contributed by atoms with Crippen molar-refractivity contribution in [2.45, 2.75) is 122 Å². The second kappa shape index (κ2) is 20.2. The second-order valence-electron chi connectivity index (χ2n) is 13.7. The fourth-order valence-electron chi connectivity index (χ4n) is 7.30. The van der Waals surface area contributed by atoms with Crippen molar-refractivity contribution in [3.63, 3.8) is 0 Å². The Morgan fingerprint density at radius 1 is 0.708 bits per heavy atom. The van der Waals surface area contributed by atoms with Crippen LogP contribution in [0.1, 0.15) is 144 Å². The summed E-state index contributed by atoms with van der Waals surface area (Å²) in [7, 11) is 0. The average Bonchev–Trinajstić information content (AvgIpc) is 3.11. The molecule has 0 radical (unpaired) electrons. The molecule has 2 fully saturated rings. The van der Waals surface area contributed by atoms with Crippen LogP contribution in [-0.2, 0) is 0 Å². The van der Waals surface area contributed by atoms with E-state index in [1.165, 1.54) is 82.4 Å². The average molecular weight is 663 g/mol. The molecule has 0 heterocycles. The minimum atomic E-state index is -0.599. The number of phenolic OH excluding ortho intramolecular Hbond substituents is 1. The molecule has 0 saturated heterocycles. The molecular formula is C42H56F2O4. The largest absolute Gasteiger partial charge is 0.507 e. The smallest absolute Gasteiger partial charge is 0.196 e. The van der Waals surface area contributed by atoms with Crippen LogP contribution >= 0.6 is 0 Å². The van der Waals surface area contributed by atoms with Gasteiger partial charge >= 0.3 is 0 Å². The third-order valence-corrected chi connectivity index (χ3v) is 10.1. The molecule has 262 valence electrons. The van der Waals surface area contributed by atoms with E-state index in [9.17, 15) is 18.7 Å². The number of ketones is 1. The fraction of sp³-hybridized carbons (Fsp3) is 0.548. The van der Waals surface area contributed by atoms with Gasteiger partial charge in [0.25, 0.3) is 0 Å². The summed E-state index contributed by atoms with van der Waals surface area (Å²) < 4.78 is 40.9. The molecule has 2 saturated carbocycles. The molecule has 1 N–H and O–H groups in total. The van der Waals surface area contributed by atoms with E-state index in [0.29, 0.717) is 24.3 Å². The first kappa shape index (κ1) is 37.4. The van der Waals surface area contributed by atoms with Crippen molar-refractivity contribution in [2.24, 2.45) is 11.8 Å². The number of hydrogen-bond acceptors (Lipinski definition) is 4. The Morgan fingerprint density at radius 3 is 1.90 bits per heavy atom. The zero-order chi connectivity index (χ0) is 34.1. The van der Waals surface area contributed by atoms with Gasteiger partial charge in [0.2, 0.25) is 0 Å². The lowest BCUT2D eigenvalue weighted by Crippen LogP contribution is -2.23. The molecular weight excluding hydrogens is 606 g/mol. The van der Waals surface area contributed by atoms with E-state index < -0.39 is 11.6 Å². The zero-order valence-corrected chi connectivity index (χ0v) is 29.2. The highest BCUT2D eigenvalue weighted by Gasteiger charge is 2.30. The van der Waals surface area contributed by atoms with Gasteiger partial charge in [0.15, 0.2) is 23.2 Å². The highest BCUT2D eigenvalue weighted by atomic mass is 19.1. The number of phenols is 1. The van der Waals surface area contributed by atoms with E-state index in [0.717, 1.165) is 49.5 Å². The normalized spacial score (nSPS) is 18.1. The molecule has 0 amide bonds. The van der Waals surface area contributed by atoms with E-state index in [1.54, 1.807) is 36.4 Å². The number of ether oxygens (including phenoxy) is 2. The van der Waals surface area contributed by atoms with E-state index in [2.05, 4.69) is 13.8 Å². The molecule has 3 aromatic carbocycles. The molecule has 2 aliphatic carbocycles. The number of rotatable bonds is 15. The van der Waals surface area contributed by atoms with Gasteiger partial charge in [-0.3, -0.25) is 4.79 Å². The van der Waals surface area contributed by atoms with Gasteiger partial charge in [-0.2, -0.15) is 0 Å². The SMILES string of the molecule is CCCCC.O=C(c1ccccc1)c1ccc(OCCCCCCOc2c(F)cc(C3CCC(C4CCCCC4)CC3)cc2F)cc1O. The molecule has 3 aromatic rings. The monoisotopic (exact) mass is 662 g/mol. The Labute approximate surface area is 287 Å². The van der Waals surface area contributed by atoms with Gasteiger partial charge in [0.1, 0.15) is 11.5 Å². The maximum atomic E-state index is 14.8. The summed E-state index contributed by atoms with van der Waals surface area (Å²) in [4.78, 5) is 12.6. The maximum absolute atomic E-state index is 14.8. The zero-order valence-electron chi connectivity index (χ0n) is 29.2. The quantitative estimate of drug-likeness (QED) is 0.130. The van der Waals surface area contributed by atoms with Crippen molar-refractivity contribution in [2.75, 3.05) is 13.2 Å². The van der Waals surface area contributed by atoms with Crippen molar-refractivity contribution in [1.82, 2.24) is 0 Å². The van der Waals surface area contributed by atoms with E-state index in [-0.39, 0.29) is 35.4 Å². The summed E-state index contributed by atoms with van der Waals surface area (Å²) in [5.41, 5.74) is 1.52. The standard InChI is InChI=1S/C37H44F2O4.C5H12/c38-33-23-30(28-17-15-27(16-18-28)26-11-5-3-6-12-26)24-34(39)37(33)43-22-10-2-1-9-21-42-31-19-20-32(35(40)25-31)36(41)29-13-7-4-8-14-29;1-3-5-4-2/h4,7-8,13-14,19-20,23-28,40H,1-3,5-6,9-12,15-18,21-22H2;3-5H2,1-2H3. The van der Waals surface area contributed by atoms with Crippen molar-refractivity contribution < 1.29 is 28.2 Å². The van der Waals surface area contributed by atoms with Crippen LogP contribution in [0.2, 0.25) is 0 Å². The predicted octanol–water partition coefficient (Wildman–Crippen LogP) is 12.0. The Balaban J connectivity index is 0.000000968. The van der Waals surface area contributed by atoms with E-state index in [1.807, 2.05) is 6.07 Å². The van der Waals surface area contributed by atoms with Crippen molar-refractivity contribution in [3.8, 4) is 17.2 Å². The molecule has 6 heteroatoms. The summed E-state index contributed by atoms with van der Waals surface area (Å²) in [6.07, 6.45) is 18.4. The first-order valence-corrected chi connectivity index (χ1v) is 18.6. The molecule has 0 aromatic heterocycles. The van der Waals surface area contributed by atoms with Crippen LogP contribution in [-0.4, -0.2) is 24.1 Å². The molecule has 0 aliphatic heterocycles. The van der Waals surface area contributed by atoms with E-state index >= 15 is 0 Å². The molecule has 0 spiro atoms. The lowest BCUT2D eigenvalue weighted by Gasteiger charge is -2.36. The topological polar surface area (TPSA) is 55.8 Å². The number of benzene rings is 3. The number of aromatic hydroxyl groups is 1. The van der Waals surface area contributed by atoms with Gasteiger partial charge in [-0.1, -0.05) is 95.5 Å². The van der Waals surface area contributed by atoms with Gasteiger partial charge in [-0.05, 0) is 98.9 Å². The van der Waals surface area contributed by atoms with E-state index in [4.69, 9.17) is 9.47 Å². The Morgan fingerprint density at radius 2 is 1.31 bits per heavy atom. The summed E-state index contributed by atoms with van der Waals surface area (Å²) in [6.45, 7) is 5.14. The number of carbonyl (C=O) groups is 1. The number of unbranched alkanes of at least 4 members (excludes halogenated alkanes) is 5. The number of carbonyl (C=O) groups excluding carboxylic acids is 1. The second-order valence-corrected chi connectivity index (χ2v) is 13.7. The van der Waals surface area contributed by atoms with Gasteiger partial charge in [0, 0.05) is 11.6 Å². The third-order valence-electron chi connectivity index (χ3n) is 10.1. The highest BCUT2D eigenvalue weighted by Crippen LogP contribution is 2.43. The number of hydrogen-bond donors (Lipinski definition) is 1. The van der Waals surface area contributed by atoms with Gasteiger partial charge in [-0.15, -0.1) is 0 Å². The summed E-state index contributed by atoms with van der Waals surface area (Å²) >= 11 is 0. The molecule has 48 heavy (non-hydrogen) atoms. The maximum Gasteiger partial charge on any atom is 0.196 e. The van der Waals surface area contributed by atoms with Gasteiger partial charge in [0.05, 0.1) is 18.8 Å². The Hall–Kier alpha value is -3.41. The summed E-state index contributed by atoms with van der Waals surface area (Å²) in [6, 6.07) is 16.5. The van der Waals surface area contributed by atoms with Crippen molar-refractivity contribution in [3.05, 3.63) is 89.0 Å². The van der Waals surface area contributed by atoms with Crippen molar-refractivity contribution in [1.29, 1.82) is 0 Å². The molecule has 5 rings (SSSR count). The van der Waals surface area contributed by atoms with Crippen LogP contribution in [0.15, 0.2) is 60.7 Å². The number of halogens is 2. The van der Waals surface area contributed by atoms with Gasteiger partial charge in [-0.25, -0.2) is 8.78 Å². The lowest BCUT2D eigenvalue weighted by atomic mass is 9.70. The predicted molar refractivity (Wildman–Crippen MR) is 190 cm³/mol. The van der Waals surface area contributed by atoms with Crippen LogP contribution in [0.25, 0.3) is 0 Å².